The molecule has 3 aromatic carbocycles. The summed E-state index contributed by atoms with van der Waals surface area (Å²) in [5.41, 5.74) is 3.18. The first-order valence-electron chi connectivity index (χ1n) is 8.96. The lowest BCUT2D eigenvalue weighted by atomic mass is 10.1. The fraction of sp³-hybridized carbons (Fsp3) is 0.0417. The predicted octanol–water partition coefficient (Wildman–Crippen LogP) is 6.66. The SMILES string of the molecule is O=C1OC(c2ccc(Br)cc2)=CC1=Cc1ccc(OCc2ccccc2Cl)cc1. The highest BCUT2D eigenvalue weighted by molar-refractivity contribution is 9.10. The summed E-state index contributed by atoms with van der Waals surface area (Å²) in [5, 5.41) is 0.682. The molecule has 5 heteroatoms. The van der Waals surface area contributed by atoms with Gasteiger partial charge in [0.15, 0.2) is 0 Å². The van der Waals surface area contributed by atoms with E-state index >= 15 is 0 Å². The summed E-state index contributed by atoms with van der Waals surface area (Å²) in [6.07, 6.45) is 3.55. The van der Waals surface area contributed by atoms with Crippen molar-refractivity contribution in [2.75, 3.05) is 0 Å². The number of benzene rings is 3. The molecule has 0 unspecified atom stereocenters. The summed E-state index contributed by atoms with van der Waals surface area (Å²) < 4.78 is 12.2. The monoisotopic (exact) mass is 466 g/mol. The molecular weight excluding hydrogens is 452 g/mol. The molecule has 0 spiro atoms. The van der Waals surface area contributed by atoms with Crippen molar-refractivity contribution in [3.05, 3.63) is 111 Å². The Kier molecular flexibility index (Phi) is 5.84. The van der Waals surface area contributed by atoms with Gasteiger partial charge in [0, 0.05) is 20.6 Å². The maximum atomic E-state index is 12.2. The van der Waals surface area contributed by atoms with Gasteiger partial charge in [0.2, 0.25) is 0 Å². The van der Waals surface area contributed by atoms with Crippen molar-refractivity contribution >= 4 is 45.3 Å². The molecule has 29 heavy (non-hydrogen) atoms. The second-order valence-electron chi connectivity index (χ2n) is 6.45. The second kappa shape index (κ2) is 8.68. The lowest BCUT2D eigenvalue weighted by Gasteiger charge is -2.08. The van der Waals surface area contributed by atoms with Gasteiger partial charge in [-0.3, -0.25) is 0 Å². The molecule has 0 radical (unpaired) electrons. The minimum absolute atomic E-state index is 0.359. The van der Waals surface area contributed by atoms with Crippen LogP contribution in [0.4, 0.5) is 0 Å². The first-order chi connectivity index (χ1) is 14.1. The zero-order valence-corrected chi connectivity index (χ0v) is 17.6. The van der Waals surface area contributed by atoms with Crippen LogP contribution in [0.2, 0.25) is 5.02 Å². The van der Waals surface area contributed by atoms with E-state index in [4.69, 9.17) is 21.1 Å². The van der Waals surface area contributed by atoms with Crippen LogP contribution in [0.25, 0.3) is 11.8 Å². The molecule has 0 amide bonds. The highest BCUT2D eigenvalue weighted by atomic mass is 79.9. The highest BCUT2D eigenvalue weighted by Crippen LogP contribution is 2.28. The van der Waals surface area contributed by atoms with Crippen LogP contribution in [-0.2, 0) is 16.1 Å². The van der Waals surface area contributed by atoms with Crippen molar-refractivity contribution in [1.82, 2.24) is 0 Å². The van der Waals surface area contributed by atoms with Gasteiger partial charge in [0.25, 0.3) is 0 Å². The van der Waals surface area contributed by atoms with E-state index in [0.29, 0.717) is 23.0 Å². The zero-order valence-electron chi connectivity index (χ0n) is 15.3. The van der Waals surface area contributed by atoms with Gasteiger partial charge in [0.05, 0.1) is 5.57 Å². The van der Waals surface area contributed by atoms with Crippen molar-refractivity contribution in [2.24, 2.45) is 0 Å². The summed E-state index contributed by atoms with van der Waals surface area (Å²) in [6.45, 7) is 0.395. The summed E-state index contributed by atoms with van der Waals surface area (Å²) in [6, 6.07) is 22.7. The molecule has 0 saturated heterocycles. The van der Waals surface area contributed by atoms with Gasteiger partial charge in [-0.25, -0.2) is 4.79 Å². The smallest absolute Gasteiger partial charge is 0.343 e. The topological polar surface area (TPSA) is 35.5 Å². The molecule has 3 aromatic rings. The van der Waals surface area contributed by atoms with Crippen molar-refractivity contribution in [2.45, 2.75) is 6.61 Å². The van der Waals surface area contributed by atoms with Crippen LogP contribution in [0, 0.1) is 0 Å². The normalized spacial score (nSPS) is 14.6. The summed E-state index contributed by atoms with van der Waals surface area (Å²) in [7, 11) is 0. The van der Waals surface area contributed by atoms with Gasteiger partial charge in [-0.05, 0) is 48.0 Å². The molecular formula is C24H16BrClO3. The summed E-state index contributed by atoms with van der Waals surface area (Å²) >= 11 is 9.55. The average molecular weight is 468 g/mol. The molecule has 1 aliphatic heterocycles. The summed E-state index contributed by atoms with van der Waals surface area (Å²) in [4.78, 5) is 12.2. The molecule has 144 valence electrons. The maximum Gasteiger partial charge on any atom is 0.343 e. The first-order valence-corrected chi connectivity index (χ1v) is 10.1. The molecule has 0 N–H and O–H groups in total. The third kappa shape index (κ3) is 4.78. The molecule has 0 saturated carbocycles. The van der Waals surface area contributed by atoms with Crippen LogP contribution < -0.4 is 4.74 Å². The van der Waals surface area contributed by atoms with Crippen molar-refractivity contribution < 1.29 is 14.3 Å². The van der Waals surface area contributed by atoms with E-state index in [2.05, 4.69) is 15.9 Å². The van der Waals surface area contributed by atoms with Gasteiger partial charge in [0.1, 0.15) is 18.1 Å². The quantitative estimate of drug-likeness (QED) is 0.311. The maximum absolute atomic E-state index is 12.2. The van der Waals surface area contributed by atoms with Crippen LogP contribution in [0.5, 0.6) is 5.75 Å². The molecule has 0 aliphatic carbocycles. The summed E-state index contributed by atoms with van der Waals surface area (Å²) in [5.74, 6) is 0.919. The molecule has 3 nitrogen and oxygen atoms in total. The molecule has 0 bridgehead atoms. The van der Waals surface area contributed by atoms with E-state index in [9.17, 15) is 4.79 Å². The van der Waals surface area contributed by atoms with Crippen LogP contribution in [0.1, 0.15) is 16.7 Å². The van der Waals surface area contributed by atoms with E-state index < -0.39 is 0 Å². The molecule has 0 atom stereocenters. The largest absolute Gasteiger partial charge is 0.489 e. The molecule has 0 aromatic heterocycles. The van der Waals surface area contributed by atoms with Crippen LogP contribution in [0.3, 0.4) is 0 Å². The fourth-order valence-electron chi connectivity index (χ4n) is 2.86. The van der Waals surface area contributed by atoms with Gasteiger partial charge in [-0.15, -0.1) is 0 Å². The lowest BCUT2D eigenvalue weighted by molar-refractivity contribution is -0.130. The van der Waals surface area contributed by atoms with Gasteiger partial charge < -0.3 is 9.47 Å². The van der Waals surface area contributed by atoms with Crippen molar-refractivity contribution in [1.29, 1.82) is 0 Å². The van der Waals surface area contributed by atoms with Crippen LogP contribution in [-0.4, -0.2) is 5.97 Å². The number of carbonyl (C=O) groups is 1. The second-order valence-corrected chi connectivity index (χ2v) is 7.78. The minimum atomic E-state index is -0.359. The Bertz CT molecular complexity index is 1100. The number of esters is 1. The minimum Gasteiger partial charge on any atom is -0.489 e. The third-order valence-corrected chi connectivity index (χ3v) is 5.31. The standard InChI is InChI=1S/C24H16BrClO3/c25-20-9-7-17(8-10-20)23-14-19(24(27)29-23)13-16-5-11-21(12-6-16)28-15-18-3-1-2-4-22(18)26/h1-14H,15H2. The van der Waals surface area contributed by atoms with E-state index in [0.717, 1.165) is 26.9 Å². The number of hydrogen-bond donors (Lipinski definition) is 0. The highest BCUT2D eigenvalue weighted by Gasteiger charge is 2.21. The van der Waals surface area contributed by atoms with Crippen LogP contribution >= 0.6 is 27.5 Å². The van der Waals surface area contributed by atoms with Gasteiger partial charge in [-0.1, -0.05) is 70.0 Å². The Morgan fingerprint density at radius 1 is 0.966 bits per heavy atom. The number of hydrogen-bond acceptors (Lipinski definition) is 3. The number of cyclic esters (lactones) is 1. The fourth-order valence-corrected chi connectivity index (χ4v) is 3.32. The van der Waals surface area contributed by atoms with Crippen molar-refractivity contribution in [3.63, 3.8) is 0 Å². The van der Waals surface area contributed by atoms with Gasteiger partial charge in [-0.2, -0.15) is 0 Å². The first kappa shape index (κ1) is 19.5. The lowest BCUT2D eigenvalue weighted by Crippen LogP contribution is -1.97. The number of rotatable bonds is 5. The Labute approximate surface area is 182 Å². The van der Waals surface area contributed by atoms with E-state index in [1.807, 2.05) is 72.8 Å². The Balaban J connectivity index is 1.46. The predicted molar refractivity (Wildman–Crippen MR) is 118 cm³/mol. The molecule has 1 heterocycles. The third-order valence-electron chi connectivity index (χ3n) is 4.41. The number of halogens is 2. The zero-order chi connectivity index (χ0) is 20.2. The van der Waals surface area contributed by atoms with E-state index in [1.54, 1.807) is 12.2 Å². The Hall–Kier alpha value is -2.82. The Morgan fingerprint density at radius 2 is 1.69 bits per heavy atom. The molecule has 1 aliphatic rings. The average Bonchev–Trinajstić information content (AvgIpc) is 3.09. The number of ether oxygens (including phenoxy) is 2. The van der Waals surface area contributed by atoms with Crippen LogP contribution in [0.15, 0.2) is 88.9 Å². The Morgan fingerprint density at radius 3 is 2.41 bits per heavy atom. The number of carbonyl (C=O) groups excluding carboxylic acids is 1. The molecule has 4 rings (SSSR count). The van der Waals surface area contributed by atoms with Crippen molar-refractivity contribution in [3.8, 4) is 5.75 Å². The molecule has 0 fully saturated rings. The van der Waals surface area contributed by atoms with E-state index in [-0.39, 0.29) is 5.97 Å². The van der Waals surface area contributed by atoms with E-state index in [1.165, 1.54) is 0 Å². The van der Waals surface area contributed by atoms with Gasteiger partial charge >= 0.3 is 5.97 Å².